The van der Waals surface area contributed by atoms with Gasteiger partial charge in [-0.15, -0.1) is 0 Å². The SMILES string of the molecule is O=C(N[C@@H](C(=O)N/N=C\c1ccccc1[N+](=O)[O-])c1n[nH]c(=O)c2ccccc12)c1ccccc1. The topological polar surface area (TPSA) is 159 Å². The smallest absolute Gasteiger partial charge is 0.278 e. The number of benzene rings is 3. The number of H-pyrrole nitrogens is 1. The largest absolute Gasteiger partial charge is 0.335 e. The fourth-order valence-electron chi connectivity index (χ4n) is 3.41. The molecule has 1 aromatic heterocycles. The molecule has 1 heterocycles. The van der Waals surface area contributed by atoms with Crippen molar-refractivity contribution in [3.63, 3.8) is 0 Å². The molecule has 0 aliphatic rings. The van der Waals surface area contributed by atoms with Crippen LogP contribution in [0.4, 0.5) is 5.69 Å². The second kappa shape index (κ2) is 10.2. The molecule has 0 saturated carbocycles. The maximum Gasteiger partial charge on any atom is 0.278 e. The van der Waals surface area contributed by atoms with Crippen molar-refractivity contribution in [1.29, 1.82) is 0 Å². The summed E-state index contributed by atoms with van der Waals surface area (Å²) in [5.41, 5.74) is 2.24. The van der Waals surface area contributed by atoms with Crippen LogP contribution in [0.2, 0.25) is 0 Å². The van der Waals surface area contributed by atoms with Crippen LogP contribution in [0.1, 0.15) is 27.7 Å². The average Bonchev–Trinajstić information content (AvgIpc) is 2.88. The molecule has 3 aromatic carbocycles. The molecule has 2 amide bonds. The molecule has 0 bridgehead atoms. The van der Waals surface area contributed by atoms with Gasteiger partial charge < -0.3 is 5.32 Å². The van der Waals surface area contributed by atoms with E-state index in [9.17, 15) is 24.5 Å². The number of nitro groups is 1. The van der Waals surface area contributed by atoms with Gasteiger partial charge in [0.2, 0.25) is 0 Å². The van der Waals surface area contributed by atoms with Gasteiger partial charge in [0.1, 0.15) is 5.69 Å². The number of hydrogen-bond donors (Lipinski definition) is 3. The first kappa shape index (κ1) is 23.0. The number of fused-ring (bicyclic) bond motifs is 1. The summed E-state index contributed by atoms with van der Waals surface area (Å²) in [6, 6.07) is 19.3. The van der Waals surface area contributed by atoms with Crippen LogP contribution in [0.5, 0.6) is 0 Å². The number of carbonyl (C=O) groups is 2. The first-order chi connectivity index (χ1) is 17.0. The Labute approximate surface area is 197 Å². The van der Waals surface area contributed by atoms with Gasteiger partial charge in [-0.25, -0.2) is 10.5 Å². The molecule has 11 heteroatoms. The van der Waals surface area contributed by atoms with E-state index >= 15 is 0 Å². The van der Waals surface area contributed by atoms with E-state index in [4.69, 9.17) is 0 Å². The molecule has 0 aliphatic carbocycles. The third-order valence-electron chi connectivity index (χ3n) is 5.08. The maximum atomic E-state index is 13.1. The quantitative estimate of drug-likeness (QED) is 0.214. The van der Waals surface area contributed by atoms with E-state index in [0.717, 1.165) is 6.21 Å². The molecule has 174 valence electrons. The van der Waals surface area contributed by atoms with Gasteiger partial charge in [-0.05, 0) is 24.3 Å². The highest BCUT2D eigenvalue weighted by Gasteiger charge is 2.27. The van der Waals surface area contributed by atoms with E-state index in [2.05, 4.69) is 26.0 Å². The van der Waals surface area contributed by atoms with E-state index in [0.29, 0.717) is 10.9 Å². The molecule has 0 unspecified atom stereocenters. The third kappa shape index (κ3) is 5.09. The Balaban J connectivity index is 1.68. The zero-order valence-electron chi connectivity index (χ0n) is 18.0. The zero-order chi connectivity index (χ0) is 24.8. The number of carbonyl (C=O) groups excluding carboxylic acids is 2. The highest BCUT2D eigenvalue weighted by atomic mass is 16.6. The Hall–Kier alpha value is -5.19. The third-order valence-corrected chi connectivity index (χ3v) is 5.08. The van der Waals surface area contributed by atoms with Crippen LogP contribution >= 0.6 is 0 Å². The molecule has 4 aromatic rings. The first-order valence-electron chi connectivity index (χ1n) is 10.4. The van der Waals surface area contributed by atoms with Gasteiger partial charge in [0, 0.05) is 17.0 Å². The summed E-state index contributed by atoms with van der Waals surface area (Å²) in [5.74, 6) is -1.32. The second-order valence-electron chi connectivity index (χ2n) is 7.31. The van der Waals surface area contributed by atoms with Crippen molar-refractivity contribution in [1.82, 2.24) is 20.9 Å². The molecule has 3 N–H and O–H groups in total. The van der Waals surface area contributed by atoms with Crippen LogP contribution in [0.3, 0.4) is 0 Å². The minimum absolute atomic E-state index is 0.0999. The summed E-state index contributed by atoms with van der Waals surface area (Å²) in [6.45, 7) is 0. The Morgan fingerprint density at radius 2 is 1.63 bits per heavy atom. The molecule has 0 fully saturated rings. The van der Waals surface area contributed by atoms with Crippen molar-refractivity contribution in [3.05, 3.63) is 116 Å². The number of para-hydroxylation sites is 1. The fourth-order valence-corrected chi connectivity index (χ4v) is 3.41. The molecular formula is C24H18N6O5. The predicted octanol–water partition coefficient (Wildman–Crippen LogP) is 2.45. The number of nitro benzene ring substituents is 1. The standard InChI is InChI=1S/C24H18N6O5/c31-22(15-8-2-1-3-9-15)26-21(20-17-11-5-6-12-18(17)23(32)29-27-20)24(33)28-25-14-16-10-4-7-13-19(16)30(34)35/h1-14,21H,(H,26,31)(H,28,33)(H,29,32)/b25-14-/t21-/m1/s1. The van der Waals surface area contributed by atoms with Crippen molar-refractivity contribution in [3.8, 4) is 0 Å². The average molecular weight is 470 g/mol. The molecule has 11 nitrogen and oxygen atoms in total. The number of amides is 2. The first-order valence-corrected chi connectivity index (χ1v) is 10.4. The van der Waals surface area contributed by atoms with Crippen molar-refractivity contribution < 1.29 is 14.5 Å². The summed E-state index contributed by atoms with van der Waals surface area (Å²) in [6.07, 6.45) is 1.13. The number of nitrogens with one attached hydrogen (secondary N) is 3. The van der Waals surface area contributed by atoms with E-state index in [-0.39, 0.29) is 22.3 Å². The molecular weight excluding hydrogens is 452 g/mol. The second-order valence-corrected chi connectivity index (χ2v) is 7.31. The minimum atomic E-state index is -1.34. The number of hydrogen-bond acceptors (Lipinski definition) is 7. The van der Waals surface area contributed by atoms with Crippen LogP contribution in [0.15, 0.2) is 88.8 Å². The fraction of sp³-hybridized carbons (Fsp3) is 0.0417. The van der Waals surface area contributed by atoms with Crippen LogP contribution in [-0.2, 0) is 4.79 Å². The van der Waals surface area contributed by atoms with E-state index in [1.165, 1.54) is 18.2 Å². The molecule has 0 spiro atoms. The van der Waals surface area contributed by atoms with Crippen LogP contribution in [0, 0.1) is 10.1 Å². The van der Waals surface area contributed by atoms with Crippen LogP contribution in [0.25, 0.3) is 10.8 Å². The number of aromatic nitrogens is 2. The van der Waals surface area contributed by atoms with E-state index < -0.39 is 28.3 Å². The van der Waals surface area contributed by atoms with Gasteiger partial charge in [-0.1, -0.05) is 48.5 Å². The van der Waals surface area contributed by atoms with Crippen molar-refractivity contribution in [2.75, 3.05) is 0 Å². The molecule has 35 heavy (non-hydrogen) atoms. The Morgan fingerprint density at radius 3 is 2.37 bits per heavy atom. The monoisotopic (exact) mass is 470 g/mol. The molecule has 0 aliphatic heterocycles. The van der Waals surface area contributed by atoms with E-state index in [1.807, 2.05) is 0 Å². The van der Waals surface area contributed by atoms with Gasteiger partial charge in [0.05, 0.1) is 22.1 Å². The van der Waals surface area contributed by atoms with Crippen molar-refractivity contribution in [2.24, 2.45) is 5.10 Å². The Morgan fingerprint density at radius 1 is 0.971 bits per heavy atom. The highest BCUT2D eigenvalue weighted by Crippen LogP contribution is 2.21. The van der Waals surface area contributed by atoms with Gasteiger partial charge in [-0.3, -0.25) is 24.5 Å². The maximum absolute atomic E-state index is 13.1. The predicted molar refractivity (Wildman–Crippen MR) is 128 cm³/mol. The Bertz CT molecular complexity index is 1500. The van der Waals surface area contributed by atoms with Gasteiger partial charge in [0.25, 0.3) is 23.1 Å². The number of nitrogens with zero attached hydrogens (tertiary/aromatic N) is 3. The molecule has 0 saturated heterocycles. The van der Waals surface area contributed by atoms with Crippen LogP contribution in [-0.4, -0.2) is 33.1 Å². The summed E-state index contributed by atoms with van der Waals surface area (Å²) in [4.78, 5) is 48.8. The van der Waals surface area contributed by atoms with Crippen LogP contribution < -0.4 is 16.3 Å². The Kier molecular flexibility index (Phi) is 6.68. The summed E-state index contributed by atoms with van der Waals surface area (Å²) in [7, 11) is 0. The number of aromatic amines is 1. The highest BCUT2D eigenvalue weighted by molar-refractivity contribution is 5.99. The normalized spacial score (nSPS) is 11.8. The summed E-state index contributed by atoms with van der Waals surface area (Å²) < 4.78 is 0. The van der Waals surface area contributed by atoms with Gasteiger partial charge in [-0.2, -0.15) is 10.2 Å². The lowest BCUT2D eigenvalue weighted by Crippen LogP contribution is -2.40. The lowest BCUT2D eigenvalue weighted by molar-refractivity contribution is -0.385. The minimum Gasteiger partial charge on any atom is -0.335 e. The lowest BCUT2D eigenvalue weighted by Gasteiger charge is -2.18. The molecule has 1 atom stereocenters. The van der Waals surface area contributed by atoms with Crippen molar-refractivity contribution >= 4 is 34.5 Å². The number of rotatable bonds is 7. The zero-order valence-corrected chi connectivity index (χ0v) is 18.0. The molecule has 4 rings (SSSR count). The van der Waals surface area contributed by atoms with Crippen molar-refractivity contribution in [2.45, 2.75) is 6.04 Å². The molecule has 0 radical (unpaired) electrons. The number of hydrazone groups is 1. The van der Waals surface area contributed by atoms with Gasteiger partial charge in [0.15, 0.2) is 6.04 Å². The summed E-state index contributed by atoms with van der Waals surface area (Å²) >= 11 is 0. The lowest BCUT2D eigenvalue weighted by atomic mass is 10.0. The van der Waals surface area contributed by atoms with Gasteiger partial charge >= 0.3 is 0 Å². The van der Waals surface area contributed by atoms with E-state index in [1.54, 1.807) is 60.7 Å². The summed E-state index contributed by atoms with van der Waals surface area (Å²) in [5, 5.41) is 24.7.